The molecule has 0 fully saturated rings. The number of carbonyl (C=O) groups is 1. The molecule has 0 aliphatic carbocycles. The number of alkyl halides is 1. The maximum atomic E-state index is 12.9. The minimum Gasteiger partial charge on any atom is -0.492 e. The van der Waals surface area contributed by atoms with Crippen LogP contribution in [0.5, 0.6) is 11.5 Å². The Bertz CT molecular complexity index is 984. The third kappa shape index (κ3) is 3.90. The lowest BCUT2D eigenvalue weighted by Crippen LogP contribution is -2.30. The summed E-state index contributed by atoms with van der Waals surface area (Å²) in [4.78, 5) is 12.9. The molecule has 3 aromatic carbocycles. The minimum absolute atomic E-state index is 0.0127. The molecule has 3 nitrogen and oxygen atoms in total. The van der Waals surface area contributed by atoms with Crippen LogP contribution in [0.3, 0.4) is 0 Å². The predicted molar refractivity (Wildman–Crippen MR) is 110 cm³/mol. The molecule has 1 aliphatic heterocycles. The molecule has 142 valence electrons. The highest BCUT2D eigenvalue weighted by atomic mass is 35.5. The van der Waals surface area contributed by atoms with E-state index in [1.807, 2.05) is 79.7 Å². The number of ketones is 1. The second-order valence-electron chi connectivity index (χ2n) is 7.03. The zero-order valence-corrected chi connectivity index (χ0v) is 16.4. The summed E-state index contributed by atoms with van der Waals surface area (Å²) < 4.78 is 11.7. The van der Waals surface area contributed by atoms with Gasteiger partial charge in [0.25, 0.3) is 0 Å². The van der Waals surface area contributed by atoms with Crippen molar-refractivity contribution in [1.29, 1.82) is 0 Å². The predicted octanol–water partition coefficient (Wildman–Crippen LogP) is 5.75. The summed E-state index contributed by atoms with van der Waals surface area (Å²) in [5.41, 5.74) is 3.64. The van der Waals surface area contributed by atoms with Crippen LogP contribution in [0, 0.1) is 12.8 Å². The van der Waals surface area contributed by atoms with Gasteiger partial charge in [-0.15, -0.1) is 11.6 Å². The molecule has 4 heteroatoms. The molecule has 0 amide bonds. The Labute approximate surface area is 169 Å². The highest BCUT2D eigenvalue weighted by Gasteiger charge is 2.35. The lowest BCUT2D eigenvalue weighted by atomic mass is 9.89. The maximum absolute atomic E-state index is 12.9. The lowest BCUT2D eigenvalue weighted by molar-refractivity contribution is 0.0849. The normalized spacial score (nSPS) is 18.1. The average Bonchev–Trinajstić information content (AvgIpc) is 2.73. The summed E-state index contributed by atoms with van der Waals surface area (Å²) in [5.74, 6) is 1.000. The second kappa shape index (κ2) is 8.07. The number of fused-ring (bicyclic) bond motifs is 1. The fraction of sp³-hybridized carbons (Fsp3) is 0.208. The van der Waals surface area contributed by atoms with E-state index in [2.05, 4.69) is 0 Å². The molecule has 2 unspecified atom stereocenters. The fourth-order valence-corrected chi connectivity index (χ4v) is 3.77. The van der Waals surface area contributed by atoms with Gasteiger partial charge in [-0.2, -0.15) is 0 Å². The fourth-order valence-electron chi connectivity index (χ4n) is 3.40. The zero-order valence-electron chi connectivity index (χ0n) is 15.6. The Morgan fingerprint density at radius 3 is 2.68 bits per heavy atom. The van der Waals surface area contributed by atoms with E-state index in [0.29, 0.717) is 17.9 Å². The van der Waals surface area contributed by atoms with E-state index < -0.39 is 11.3 Å². The monoisotopic (exact) mass is 392 g/mol. The van der Waals surface area contributed by atoms with Crippen LogP contribution in [-0.4, -0.2) is 12.4 Å². The van der Waals surface area contributed by atoms with Gasteiger partial charge in [0, 0.05) is 17.2 Å². The number of ether oxygens (including phenoxy) is 2. The summed E-state index contributed by atoms with van der Waals surface area (Å²) in [6.07, 6.45) is 0. The van der Waals surface area contributed by atoms with Crippen LogP contribution >= 0.6 is 11.6 Å². The Morgan fingerprint density at radius 1 is 1.07 bits per heavy atom. The second-order valence-corrected chi connectivity index (χ2v) is 7.50. The molecule has 0 spiro atoms. The molecule has 0 N–H and O–H groups in total. The first kappa shape index (κ1) is 18.6. The molecule has 1 heterocycles. The van der Waals surface area contributed by atoms with Gasteiger partial charge in [0.15, 0.2) is 5.78 Å². The molecule has 0 aromatic heterocycles. The Kier molecular flexibility index (Phi) is 5.36. The number of halogens is 1. The van der Waals surface area contributed by atoms with Crippen molar-refractivity contribution in [3.05, 3.63) is 95.1 Å². The van der Waals surface area contributed by atoms with Crippen LogP contribution in [0.25, 0.3) is 0 Å². The van der Waals surface area contributed by atoms with Gasteiger partial charge in [0.05, 0.1) is 11.3 Å². The number of carbonyl (C=O) groups excluding carboxylic acids is 1. The molecule has 3 aromatic rings. The van der Waals surface area contributed by atoms with E-state index in [9.17, 15) is 4.79 Å². The molecule has 0 bridgehead atoms. The molecule has 2 atom stereocenters. The lowest BCUT2D eigenvalue weighted by Gasteiger charge is -2.29. The van der Waals surface area contributed by atoms with Gasteiger partial charge in [-0.25, -0.2) is 0 Å². The first-order valence-corrected chi connectivity index (χ1v) is 9.74. The van der Waals surface area contributed by atoms with Crippen LogP contribution in [0.15, 0.2) is 72.8 Å². The molecule has 4 rings (SSSR count). The largest absolute Gasteiger partial charge is 0.492 e. The van der Waals surface area contributed by atoms with Crippen molar-refractivity contribution in [2.45, 2.75) is 18.9 Å². The van der Waals surface area contributed by atoms with E-state index in [4.69, 9.17) is 21.1 Å². The Balaban J connectivity index is 1.49. The van der Waals surface area contributed by atoms with Crippen LogP contribution in [-0.2, 0) is 6.61 Å². The van der Waals surface area contributed by atoms with Gasteiger partial charge < -0.3 is 9.47 Å². The van der Waals surface area contributed by atoms with Gasteiger partial charge in [-0.3, -0.25) is 4.79 Å². The van der Waals surface area contributed by atoms with Crippen molar-refractivity contribution in [3.8, 4) is 11.5 Å². The third-order valence-corrected chi connectivity index (χ3v) is 5.48. The van der Waals surface area contributed by atoms with Gasteiger partial charge in [0.2, 0.25) is 0 Å². The average molecular weight is 393 g/mol. The summed E-state index contributed by atoms with van der Waals surface area (Å²) in [6, 6.07) is 23.2. The standard InChI is InChI=1S/C24H21ClO3/c1-16-6-5-9-18(12-16)24(26)21-15-28-22-13-19(10-11-20(22)23(21)25)27-14-17-7-3-2-4-8-17/h2-13,21,23H,14-15H2,1H3. The van der Waals surface area contributed by atoms with Crippen molar-refractivity contribution < 1.29 is 14.3 Å². The molecule has 0 saturated carbocycles. The summed E-state index contributed by atoms with van der Waals surface area (Å²) in [5, 5.41) is -0.431. The molecule has 28 heavy (non-hydrogen) atoms. The Hall–Kier alpha value is -2.78. The van der Waals surface area contributed by atoms with Gasteiger partial charge in [0.1, 0.15) is 24.7 Å². The maximum Gasteiger partial charge on any atom is 0.171 e. The van der Waals surface area contributed by atoms with Crippen molar-refractivity contribution in [1.82, 2.24) is 0 Å². The number of hydrogen-bond donors (Lipinski definition) is 0. The quantitative estimate of drug-likeness (QED) is 0.410. The van der Waals surface area contributed by atoms with E-state index in [-0.39, 0.29) is 12.4 Å². The summed E-state index contributed by atoms with van der Waals surface area (Å²) in [7, 11) is 0. The van der Waals surface area contributed by atoms with Gasteiger partial charge in [-0.05, 0) is 24.6 Å². The molecular weight excluding hydrogens is 372 g/mol. The molecule has 1 aliphatic rings. The van der Waals surface area contributed by atoms with Crippen LogP contribution < -0.4 is 9.47 Å². The first-order chi connectivity index (χ1) is 13.6. The van der Waals surface area contributed by atoms with Crippen molar-refractivity contribution in [2.75, 3.05) is 6.61 Å². The third-order valence-electron chi connectivity index (χ3n) is 4.94. The zero-order chi connectivity index (χ0) is 19.5. The topological polar surface area (TPSA) is 35.5 Å². The van der Waals surface area contributed by atoms with Crippen LogP contribution in [0.1, 0.15) is 32.4 Å². The number of hydrogen-bond acceptors (Lipinski definition) is 3. The smallest absolute Gasteiger partial charge is 0.171 e. The number of Topliss-reactive ketones (excluding diaryl/α,β-unsaturated/α-hetero) is 1. The van der Waals surface area contributed by atoms with E-state index in [1.54, 1.807) is 0 Å². The van der Waals surface area contributed by atoms with Crippen molar-refractivity contribution in [2.24, 2.45) is 5.92 Å². The highest BCUT2D eigenvalue weighted by molar-refractivity contribution is 6.23. The summed E-state index contributed by atoms with van der Waals surface area (Å²) >= 11 is 6.68. The highest BCUT2D eigenvalue weighted by Crippen LogP contribution is 2.42. The number of benzene rings is 3. The van der Waals surface area contributed by atoms with Crippen molar-refractivity contribution in [3.63, 3.8) is 0 Å². The Morgan fingerprint density at radius 2 is 1.89 bits per heavy atom. The molecule has 0 radical (unpaired) electrons. The SMILES string of the molecule is Cc1cccc(C(=O)C2COc3cc(OCc4ccccc4)ccc3C2Cl)c1. The number of aryl methyl sites for hydroxylation is 1. The van der Waals surface area contributed by atoms with Crippen molar-refractivity contribution >= 4 is 17.4 Å². The molecular formula is C24H21ClO3. The van der Waals surface area contributed by atoms with Crippen LogP contribution in [0.2, 0.25) is 0 Å². The first-order valence-electron chi connectivity index (χ1n) is 9.30. The van der Waals surface area contributed by atoms with Crippen LogP contribution in [0.4, 0.5) is 0 Å². The minimum atomic E-state index is -0.431. The summed E-state index contributed by atoms with van der Waals surface area (Å²) in [6.45, 7) is 2.72. The van der Waals surface area contributed by atoms with E-state index >= 15 is 0 Å². The van der Waals surface area contributed by atoms with Gasteiger partial charge >= 0.3 is 0 Å². The molecule has 0 saturated heterocycles. The van der Waals surface area contributed by atoms with E-state index in [0.717, 1.165) is 22.4 Å². The number of rotatable bonds is 5. The van der Waals surface area contributed by atoms with Gasteiger partial charge in [-0.1, -0.05) is 60.2 Å². The van der Waals surface area contributed by atoms with E-state index in [1.165, 1.54) is 0 Å².